The fraction of sp³-hybridized carbons (Fsp3) is 0.273. The molecule has 0 atom stereocenters. The minimum Gasteiger partial charge on any atom is -0.369 e. The number of rotatable bonds is 5. The first-order valence-electron chi connectivity index (χ1n) is 5.62. The van der Waals surface area contributed by atoms with Crippen LogP contribution in [0.2, 0.25) is 5.28 Å². The summed E-state index contributed by atoms with van der Waals surface area (Å²) in [5, 5.41) is 8.95. The molecule has 19 heavy (non-hydrogen) atoms. The van der Waals surface area contributed by atoms with Gasteiger partial charge in [0.2, 0.25) is 15.3 Å². The SMILES string of the molecule is NS(=O)(=O)CCCNc1nc(Cl)nc2ccccc12. The Morgan fingerprint density at radius 3 is 2.74 bits per heavy atom. The Labute approximate surface area is 116 Å². The first kappa shape index (κ1) is 14.0. The van der Waals surface area contributed by atoms with Gasteiger partial charge in [0.15, 0.2) is 0 Å². The Morgan fingerprint density at radius 1 is 1.26 bits per heavy atom. The summed E-state index contributed by atoms with van der Waals surface area (Å²) in [4.78, 5) is 8.20. The van der Waals surface area contributed by atoms with E-state index in [1.54, 1.807) is 0 Å². The van der Waals surface area contributed by atoms with Crippen molar-refractivity contribution in [1.82, 2.24) is 9.97 Å². The number of sulfonamides is 1. The van der Waals surface area contributed by atoms with Crippen LogP contribution in [0.1, 0.15) is 6.42 Å². The average Bonchev–Trinajstić information content (AvgIpc) is 2.33. The summed E-state index contributed by atoms with van der Waals surface area (Å²) < 4.78 is 21.6. The second-order valence-corrected chi connectivity index (χ2v) is 6.08. The van der Waals surface area contributed by atoms with Gasteiger partial charge in [0.1, 0.15) is 5.82 Å². The van der Waals surface area contributed by atoms with Gasteiger partial charge in [0.05, 0.1) is 11.3 Å². The Hall–Kier alpha value is -1.44. The lowest BCUT2D eigenvalue weighted by molar-refractivity contribution is 0.596. The second kappa shape index (κ2) is 5.68. The van der Waals surface area contributed by atoms with E-state index in [4.69, 9.17) is 16.7 Å². The summed E-state index contributed by atoms with van der Waals surface area (Å²) in [7, 11) is -3.43. The summed E-state index contributed by atoms with van der Waals surface area (Å²) in [5.41, 5.74) is 0.733. The van der Waals surface area contributed by atoms with E-state index in [-0.39, 0.29) is 11.0 Å². The zero-order valence-electron chi connectivity index (χ0n) is 10.0. The van der Waals surface area contributed by atoms with Crippen molar-refractivity contribution in [2.24, 2.45) is 5.14 Å². The zero-order valence-corrected chi connectivity index (χ0v) is 11.6. The minimum atomic E-state index is -3.43. The lowest BCUT2D eigenvalue weighted by atomic mass is 10.2. The van der Waals surface area contributed by atoms with Crippen LogP contribution in [-0.2, 0) is 10.0 Å². The first-order valence-corrected chi connectivity index (χ1v) is 7.72. The van der Waals surface area contributed by atoms with Gasteiger partial charge >= 0.3 is 0 Å². The normalized spacial score (nSPS) is 11.7. The predicted octanol–water partition coefficient (Wildman–Crippen LogP) is 1.37. The number of hydrogen-bond donors (Lipinski definition) is 2. The Bertz CT molecular complexity index is 690. The number of primary sulfonamides is 1. The standard InChI is InChI=1S/C11H13ClN4O2S/c12-11-15-9-5-2-1-4-8(9)10(16-11)14-6-3-7-19(13,17)18/h1-2,4-5H,3,6-7H2,(H2,13,17,18)(H,14,15,16). The van der Waals surface area contributed by atoms with Crippen LogP contribution in [0.15, 0.2) is 24.3 Å². The van der Waals surface area contributed by atoms with Gasteiger partial charge in [-0.1, -0.05) is 12.1 Å². The third-order valence-electron chi connectivity index (χ3n) is 2.47. The van der Waals surface area contributed by atoms with E-state index in [1.165, 1.54) is 0 Å². The molecule has 2 aromatic rings. The van der Waals surface area contributed by atoms with Gasteiger partial charge in [0.25, 0.3) is 0 Å². The highest BCUT2D eigenvalue weighted by Crippen LogP contribution is 2.21. The van der Waals surface area contributed by atoms with Gasteiger partial charge in [0, 0.05) is 11.9 Å². The molecule has 0 radical (unpaired) electrons. The highest BCUT2D eigenvalue weighted by molar-refractivity contribution is 7.89. The molecule has 0 bridgehead atoms. The third kappa shape index (κ3) is 4.02. The van der Waals surface area contributed by atoms with Crippen LogP contribution >= 0.6 is 11.6 Å². The molecule has 1 heterocycles. The largest absolute Gasteiger partial charge is 0.369 e. The number of anilines is 1. The number of aromatic nitrogens is 2. The number of nitrogens with two attached hydrogens (primary N) is 1. The molecule has 0 aliphatic carbocycles. The molecule has 0 fully saturated rings. The summed E-state index contributed by atoms with van der Waals surface area (Å²) in [6.07, 6.45) is 0.398. The second-order valence-electron chi connectivity index (χ2n) is 4.01. The molecule has 0 unspecified atom stereocenters. The number of fused-ring (bicyclic) bond motifs is 1. The highest BCUT2D eigenvalue weighted by atomic mass is 35.5. The van der Waals surface area contributed by atoms with Crippen molar-refractivity contribution in [2.45, 2.75) is 6.42 Å². The van der Waals surface area contributed by atoms with Gasteiger partial charge in [-0.3, -0.25) is 0 Å². The van der Waals surface area contributed by atoms with Gasteiger partial charge < -0.3 is 5.32 Å². The topological polar surface area (TPSA) is 98.0 Å². The van der Waals surface area contributed by atoms with E-state index in [2.05, 4.69) is 15.3 Å². The molecule has 0 aliphatic heterocycles. The molecular weight excluding hydrogens is 288 g/mol. The van der Waals surface area contributed by atoms with Gasteiger partial charge in [-0.05, 0) is 30.2 Å². The van der Waals surface area contributed by atoms with Crippen molar-refractivity contribution in [2.75, 3.05) is 17.6 Å². The van der Waals surface area contributed by atoms with Crippen molar-refractivity contribution in [1.29, 1.82) is 0 Å². The van der Waals surface area contributed by atoms with Crippen molar-refractivity contribution in [3.8, 4) is 0 Å². The van der Waals surface area contributed by atoms with Crippen molar-refractivity contribution in [3.63, 3.8) is 0 Å². The quantitative estimate of drug-likeness (QED) is 0.642. The Morgan fingerprint density at radius 2 is 2.00 bits per heavy atom. The molecule has 0 saturated carbocycles. The fourth-order valence-electron chi connectivity index (χ4n) is 1.66. The van der Waals surface area contributed by atoms with Crippen LogP contribution in [0.25, 0.3) is 10.9 Å². The number of para-hydroxylation sites is 1. The molecule has 102 valence electrons. The zero-order chi connectivity index (χ0) is 13.9. The molecule has 6 nitrogen and oxygen atoms in total. The molecule has 8 heteroatoms. The molecule has 0 spiro atoms. The maximum Gasteiger partial charge on any atom is 0.224 e. The summed E-state index contributed by atoms with van der Waals surface area (Å²) in [6, 6.07) is 7.43. The van der Waals surface area contributed by atoms with Crippen LogP contribution in [0.5, 0.6) is 0 Å². The Kier molecular flexibility index (Phi) is 4.18. The Balaban J connectivity index is 2.12. The van der Waals surface area contributed by atoms with Crippen LogP contribution in [0, 0.1) is 0 Å². The highest BCUT2D eigenvalue weighted by Gasteiger charge is 2.06. The summed E-state index contributed by atoms with van der Waals surface area (Å²) in [6.45, 7) is 0.438. The minimum absolute atomic E-state index is 0.0727. The van der Waals surface area contributed by atoms with E-state index >= 15 is 0 Å². The number of hydrogen-bond acceptors (Lipinski definition) is 5. The number of nitrogens with one attached hydrogen (secondary N) is 1. The van der Waals surface area contributed by atoms with E-state index in [9.17, 15) is 8.42 Å². The smallest absolute Gasteiger partial charge is 0.224 e. The lowest BCUT2D eigenvalue weighted by Gasteiger charge is -2.08. The van der Waals surface area contributed by atoms with Crippen molar-refractivity contribution < 1.29 is 8.42 Å². The summed E-state index contributed by atoms with van der Waals surface area (Å²) >= 11 is 5.83. The molecule has 1 aromatic heterocycles. The van der Waals surface area contributed by atoms with Gasteiger partial charge in [-0.15, -0.1) is 0 Å². The molecule has 0 amide bonds. The van der Waals surface area contributed by atoms with E-state index in [1.807, 2.05) is 24.3 Å². The maximum absolute atomic E-state index is 10.8. The number of benzene rings is 1. The fourth-order valence-corrected chi connectivity index (χ4v) is 2.39. The van der Waals surface area contributed by atoms with Crippen LogP contribution in [-0.4, -0.2) is 30.7 Å². The average molecular weight is 301 g/mol. The lowest BCUT2D eigenvalue weighted by Crippen LogP contribution is -2.19. The van der Waals surface area contributed by atoms with E-state index in [0.29, 0.717) is 18.8 Å². The van der Waals surface area contributed by atoms with Crippen LogP contribution in [0.3, 0.4) is 0 Å². The number of halogens is 1. The van der Waals surface area contributed by atoms with Crippen LogP contribution < -0.4 is 10.5 Å². The predicted molar refractivity (Wildman–Crippen MR) is 75.6 cm³/mol. The molecule has 0 aliphatic rings. The molecule has 3 N–H and O–H groups in total. The van der Waals surface area contributed by atoms with E-state index < -0.39 is 10.0 Å². The number of nitrogens with zero attached hydrogens (tertiary/aromatic N) is 2. The van der Waals surface area contributed by atoms with Gasteiger partial charge in [-0.2, -0.15) is 0 Å². The molecule has 2 rings (SSSR count). The molecule has 0 saturated heterocycles. The first-order chi connectivity index (χ1) is 8.96. The van der Waals surface area contributed by atoms with Gasteiger partial charge in [-0.25, -0.2) is 23.5 Å². The monoisotopic (exact) mass is 300 g/mol. The third-order valence-corrected chi connectivity index (χ3v) is 3.50. The van der Waals surface area contributed by atoms with Crippen molar-refractivity contribution in [3.05, 3.63) is 29.5 Å². The van der Waals surface area contributed by atoms with E-state index in [0.717, 1.165) is 10.9 Å². The maximum atomic E-state index is 10.8. The molecular formula is C11H13ClN4O2S. The molecule has 1 aromatic carbocycles. The van der Waals surface area contributed by atoms with Crippen LogP contribution in [0.4, 0.5) is 5.82 Å². The van der Waals surface area contributed by atoms with Crippen molar-refractivity contribution >= 4 is 38.3 Å². The summed E-state index contributed by atoms with van der Waals surface area (Å²) in [5.74, 6) is 0.515.